The molecule has 3 aromatic rings. The lowest BCUT2D eigenvalue weighted by atomic mass is 9.99. The minimum absolute atomic E-state index is 0.313. The zero-order valence-corrected chi connectivity index (χ0v) is 18.6. The van der Waals surface area contributed by atoms with Crippen LogP contribution in [-0.2, 0) is 16.1 Å². The highest BCUT2D eigenvalue weighted by Crippen LogP contribution is 2.31. The number of pyridine rings is 1. The first kappa shape index (κ1) is 20.7. The summed E-state index contributed by atoms with van der Waals surface area (Å²) in [5.74, 6) is 0.938. The molecular formula is C25H29N5O2. The first-order valence-electron chi connectivity index (χ1n) is 11.0. The molecule has 0 radical (unpaired) electrons. The van der Waals surface area contributed by atoms with Crippen molar-refractivity contribution in [1.82, 2.24) is 4.98 Å². The summed E-state index contributed by atoms with van der Waals surface area (Å²) >= 11 is 0. The molecule has 1 aromatic heterocycles. The Hall–Kier alpha value is -3.16. The molecule has 166 valence electrons. The van der Waals surface area contributed by atoms with Gasteiger partial charge >= 0.3 is 0 Å². The van der Waals surface area contributed by atoms with E-state index in [0.717, 1.165) is 53.2 Å². The lowest BCUT2D eigenvalue weighted by Gasteiger charge is -2.38. The minimum atomic E-state index is -0.313. The largest absolute Gasteiger partial charge is 0.399 e. The van der Waals surface area contributed by atoms with Crippen LogP contribution in [0.25, 0.3) is 10.9 Å². The molecule has 2 aromatic carbocycles. The molecule has 7 nitrogen and oxygen atoms in total. The molecule has 2 aliphatic rings. The monoisotopic (exact) mass is 431 g/mol. The Morgan fingerprint density at radius 3 is 2.84 bits per heavy atom. The topological polar surface area (TPSA) is 85.0 Å². The molecule has 3 heterocycles. The Morgan fingerprint density at radius 1 is 1.22 bits per heavy atom. The maximum atomic E-state index is 6.38. The van der Waals surface area contributed by atoms with Crippen molar-refractivity contribution in [3.63, 3.8) is 0 Å². The summed E-state index contributed by atoms with van der Waals surface area (Å²) in [6.45, 7) is 5.49. The van der Waals surface area contributed by atoms with Crippen LogP contribution in [0, 0.1) is 6.92 Å². The molecule has 2 aliphatic heterocycles. The van der Waals surface area contributed by atoms with E-state index >= 15 is 0 Å². The van der Waals surface area contributed by atoms with Crippen molar-refractivity contribution >= 4 is 28.1 Å². The Balaban J connectivity index is 1.52. The van der Waals surface area contributed by atoms with E-state index < -0.39 is 0 Å². The molecule has 7 heteroatoms. The van der Waals surface area contributed by atoms with Gasteiger partial charge in [0.25, 0.3) is 0 Å². The van der Waals surface area contributed by atoms with E-state index in [-0.39, 0.29) is 5.54 Å². The number of aryl methyl sites for hydroxylation is 1. The molecule has 0 bridgehead atoms. The van der Waals surface area contributed by atoms with Gasteiger partial charge in [0.1, 0.15) is 12.9 Å². The molecule has 1 fully saturated rings. The third-order valence-electron chi connectivity index (χ3n) is 6.19. The Labute approximate surface area is 188 Å². The number of hydrogen-bond donors (Lipinski definition) is 2. The van der Waals surface area contributed by atoms with Gasteiger partial charge in [-0.1, -0.05) is 41.1 Å². The zero-order valence-electron chi connectivity index (χ0n) is 18.6. The van der Waals surface area contributed by atoms with E-state index in [1.165, 1.54) is 11.1 Å². The number of rotatable bonds is 5. The van der Waals surface area contributed by atoms with E-state index in [2.05, 4.69) is 64.8 Å². The highest BCUT2D eigenvalue weighted by atomic mass is 16.6. The number of nitrogens with zero attached hydrogens (tertiary/aromatic N) is 3. The second-order valence-corrected chi connectivity index (χ2v) is 8.81. The van der Waals surface area contributed by atoms with Crippen molar-refractivity contribution in [2.45, 2.75) is 25.4 Å². The van der Waals surface area contributed by atoms with Gasteiger partial charge in [-0.15, -0.1) is 0 Å². The number of benzene rings is 2. The molecule has 0 atom stereocenters. The van der Waals surface area contributed by atoms with Gasteiger partial charge < -0.3 is 25.5 Å². The second kappa shape index (κ2) is 8.41. The summed E-state index contributed by atoms with van der Waals surface area (Å²) < 4.78 is 5.32. The molecule has 5 rings (SSSR count). The predicted molar refractivity (Wildman–Crippen MR) is 128 cm³/mol. The van der Waals surface area contributed by atoms with Gasteiger partial charge in [0.2, 0.25) is 0 Å². The van der Waals surface area contributed by atoms with Crippen LogP contribution in [0.1, 0.15) is 23.1 Å². The standard InChI is InChI=1S/C25H29N5O2/c1-17-7-8-21-20(11-17)23(27-14-25(26)15-32-16-25)12-24(28-21)30-10-9-22(29-31-2)19-6-4-3-5-18(19)13-30/h3-8,11-12H,9-10,13-16,26H2,1-2H3,(H,27,28). The van der Waals surface area contributed by atoms with Crippen molar-refractivity contribution in [2.75, 3.05) is 43.6 Å². The SMILES string of the molecule is CON=C1CCN(c2cc(NCC3(N)COC3)c3cc(C)ccc3n2)Cc2ccccc21. The lowest BCUT2D eigenvalue weighted by Crippen LogP contribution is -2.61. The molecule has 0 unspecified atom stereocenters. The number of oxime groups is 1. The Morgan fingerprint density at radius 2 is 2.06 bits per heavy atom. The number of hydrogen-bond acceptors (Lipinski definition) is 7. The first-order valence-corrected chi connectivity index (χ1v) is 11.0. The summed E-state index contributed by atoms with van der Waals surface area (Å²) in [6, 6.07) is 16.9. The average molecular weight is 432 g/mol. The van der Waals surface area contributed by atoms with Gasteiger partial charge in [-0.25, -0.2) is 4.98 Å². The average Bonchev–Trinajstić information content (AvgIpc) is 2.96. The summed E-state index contributed by atoms with van der Waals surface area (Å²) in [5, 5.41) is 8.99. The van der Waals surface area contributed by atoms with Crippen molar-refractivity contribution in [3.05, 3.63) is 65.2 Å². The number of nitrogens with two attached hydrogens (primary N) is 1. The molecule has 3 N–H and O–H groups in total. The predicted octanol–water partition coefficient (Wildman–Crippen LogP) is 3.44. The van der Waals surface area contributed by atoms with Crippen molar-refractivity contribution in [3.8, 4) is 0 Å². The van der Waals surface area contributed by atoms with E-state index in [1.807, 2.05) is 6.07 Å². The van der Waals surface area contributed by atoms with Crippen LogP contribution in [0.3, 0.4) is 0 Å². The van der Waals surface area contributed by atoms with E-state index in [4.69, 9.17) is 20.3 Å². The summed E-state index contributed by atoms with van der Waals surface area (Å²) in [6.07, 6.45) is 0.782. The fourth-order valence-electron chi connectivity index (χ4n) is 4.37. The van der Waals surface area contributed by atoms with Crippen LogP contribution in [0.5, 0.6) is 0 Å². The van der Waals surface area contributed by atoms with Crippen LogP contribution in [0.2, 0.25) is 0 Å². The molecule has 0 spiro atoms. The van der Waals surface area contributed by atoms with E-state index in [1.54, 1.807) is 7.11 Å². The van der Waals surface area contributed by atoms with E-state index in [9.17, 15) is 0 Å². The molecule has 0 aliphatic carbocycles. The maximum Gasteiger partial charge on any atom is 0.131 e. The number of ether oxygens (including phenoxy) is 1. The third-order valence-corrected chi connectivity index (χ3v) is 6.19. The highest BCUT2D eigenvalue weighted by Gasteiger charge is 2.34. The van der Waals surface area contributed by atoms with Gasteiger partial charge in [-0.3, -0.25) is 0 Å². The summed E-state index contributed by atoms with van der Waals surface area (Å²) in [5.41, 5.74) is 12.6. The van der Waals surface area contributed by atoms with Gasteiger partial charge in [0, 0.05) is 48.8 Å². The van der Waals surface area contributed by atoms with Gasteiger partial charge in [0.05, 0.1) is 30.0 Å². The van der Waals surface area contributed by atoms with Crippen LogP contribution < -0.4 is 16.0 Å². The van der Waals surface area contributed by atoms with Crippen molar-refractivity contribution in [1.29, 1.82) is 0 Å². The molecule has 0 amide bonds. The minimum Gasteiger partial charge on any atom is -0.399 e. The smallest absolute Gasteiger partial charge is 0.131 e. The zero-order chi connectivity index (χ0) is 22.1. The van der Waals surface area contributed by atoms with Crippen LogP contribution in [0.15, 0.2) is 53.7 Å². The third kappa shape index (κ3) is 4.01. The second-order valence-electron chi connectivity index (χ2n) is 8.81. The molecular weight excluding hydrogens is 402 g/mol. The molecule has 1 saturated heterocycles. The lowest BCUT2D eigenvalue weighted by molar-refractivity contribution is -0.0461. The summed E-state index contributed by atoms with van der Waals surface area (Å²) in [4.78, 5) is 12.5. The molecule has 0 saturated carbocycles. The van der Waals surface area contributed by atoms with Crippen molar-refractivity contribution in [2.24, 2.45) is 10.9 Å². The fourth-order valence-corrected chi connectivity index (χ4v) is 4.37. The Kier molecular flexibility index (Phi) is 5.45. The Bertz CT molecular complexity index is 1170. The quantitative estimate of drug-likeness (QED) is 0.602. The number of aromatic nitrogens is 1. The normalized spacial score (nSPS) is 18.7. The summed E-state index contributed by atoms with van der Waals surface area (Å²) in [7, 11) is 1.60. The number of anilines is 2. The fraction of sp³-hybridized carbons (Fsp3) is 0.360. The van der Waals surface area contributed by atoms with Gasteiger partial charge in [0.15, 0.2) is 0 Å². The number of nitrogens with one attached hydrogen (secondary N) is 1. The van der Waals surface area contributed by atoms with Gasteiger partial charge in [-0.2, -0.15) is 0 Å². The van der Waals surface area contributed by atoms with Crippen LogP contribution in [0.4, 0.5) is 11.5 Å². The van der Waals surface area contributed by atoms with Gasteiger partial charge in [-0.05, 0) is 24.6 Å². The first-order chi connectivity index (χ1) is 15.5. The van der Waals surface area contributed by atoms with E-state index in [0.29, 0.717) is 19.8 Å². The highest BCUT2D eigenvalue weighted by molar-refractivity contribution is 6.02. The number of fused-ring (bicyclic) bond motifs is 2. The van der Waals surface area contributed by atoms with Crippen LogP contribution in [-0.4, -0.2) is 49.6 Å². The maximum absolute atomic E-state index is 6.38. The van der Waals surface area contributed by atoms with Crippen LogP contribution >= 0.6 is 0 Å². The molecule has 32 heavy (non-hydrogen) atoms. The van der Waals surface area contributed by atoms with Crippen molar-refractivity contribution < 1.29 is 9.57 Å².